The molecule has 0 unspecified atom stereocenters. The monoisotopic (exact) mass is 220 g/mol. The van der Waals surface area contributed by atoms with E-state index in [1.54, 1.807) is 12.1 Å². The number of carbonyl (C=O) groups excluding carboxylic acids is 1. The number of rotatable bonds is 6. The summed E-state index contributed by atoms with van der Waals surface area (Å²) in [4.78, 5) is 11.5. The van der Waals surface area contributed by atoms with Crippen LogP contribution in [-0.2, 0) is 6.54 Å². The van der Waals surface area contributed by atoms with Crippen molar-refractivity contribution in [2.24, 2.45) is 5.73 Å². The molecule has 0 fully saturated rings. The van der Waals surface area contributed by atoms with Crippen LogP contribution in [0.2, 0.25) is 0 Å². The number of unbranched alkanes of at least 4 members (excludes halogenated alkanes) is 2. The minimum absolute atomic E-state index is 0.208. The topological polar surface area (TPSA) is 68.3 Å². The van der Waals surface area contributed by atoms with Gasteiger partial charge in [-0.2, -0.15) is 0 Å². The van der Waals surface area contributed by atoms with E-state index < -0.39 is 0 Å². The number of hydrogen-bond donors (Lipinski definition) is 2. The highest BCUT2D eigenvalue weighted by Crippen LogP contribution is 2.06. The number of furan rings is 1. The molecule has 0 saturated carbocycles. The van der Waals surface area contributed by atoms with Crippen LogP contribution in [0.1, 0.15) is 35.6 Å². The SMILES string of the molecule is C#CCCCCNC(=O)c1ccc(CN)o1. The van der Waals surface area contributed by atoms with Gasteiger partial charge in [0, 0.05) is 13.0 Å². The van der Waals surface area contributed by atoms with E-state index in [2.05, 4.69) is 11.2 Å². The molecule has 4 nitrogen and oxygen atoms in total. The smallest absolute Gasteiger partial charge is 0.286 e. The van der Waals surface area contributed by atoms with Gasteiger partial charge in [-0.3, -0.25) is 4.79 Å². The summed E-state index contributed by atoms with van der Waals surface area (Å²) in [5.41, 5.74) is 5.37. The molecule has 4 heteroatoms. The summed E-state index contributed by atoms with van der Waals surface area (Å²) in [5.74, 6) is 3.26. The molecule has 0 spiro atoms. The van der Waals surface area contributed by atoms with Crippen molar-refractivity contribution < 1.29 is 9.21 Å². The summed E-state index contributed by atoms with van der Waals surface area (Å²) in [7, 11) is 0. The van der Waals surface area contributed by atoms with Crippen LogP contribution in [0.15, 0.2) is 16.5 Å². The molecule has 0 aliphatic carbocycles. The van der Waals surface area contributed by atoms with Crippen molar-refractivity contribution in [1.82, 2.24) is 5.32 Å². The maximum absolute atomic E-state index is 11.5. The summed E-state index contributed by atoms with van der Waals surface area (Å²) in [5, 5.41) is 2.75. The molecule has 0 atom stereocenters. The first-order valence-corrected chi connectivity index (χ1v) is 5.28. The number of nitrogens with two attached hydrogens (primary N) is 1. The van der Waals surface area contributed by atoms with Crippen molar-refractivity contribution in [3.05, 3.63) is 23.7 Å². The molecular formula is C12H16N2O2. The predicted octanol–water partition coefficient (Wildman–Crippen LogP) is 1.27. The second-order valence-corrected chi connectivity index (χ2v) is 3.39. The van der Waals surface area contributed by atoms with Crippen molar-refractivity contribution in [2.45, 2.75) is 25.8 Å². The number of terminal acetylenes is 1. The first-order valence-electron chi connectivity index (χ1n) is 5.28. The van der Waals surface area contributed by atoms with E-state index in [-0.39, 0.29) is 5.91 Å². The lowest BCUT2D eigenvalue weighted by Gasteiger charge is -2.01. The number of nitrogens with one attached hydrogen (secondary N) is 1. The summed E-state index contributed by atoms with van der Waals surface area (Å²) in [6.45, 7) is 0.911. The van der Waals surface area contributed by atoms with Gasteiger partial charge in [0.2, 0.25) is 0 Å². The molecule has 0 aliphatic rings. The highest BCUT2D eigenvalue weighted by atomic mass is 16.4. The van der Waals surface area contributed by atoms with Crippen molar-refractivity contribution >= 4 is 5.91 Å². The Labute approximate surface area is 95.2 Å². The number of amides is 1. The normalized spacial score (nSPS) is 9.75. The lowest BCUT2D eigenvalue weighted by Crippen LogP contribution is -2.23. The minimum atomic E-state index is -0.208. The zero-order chi connectivity index (χ0) is 11.8. The van der Waals surface area contributed by atoms with E-state index in [4.69, 9.17) is 16.6 Å². The first kappa shape index (κ1) is 12.3. The van der Waals surface area contributed by atoms with Gasteiger partial charge >= 0.3 is 0 Å². The molecule has 0 aliphatic heterocycles. The van der Waals surface area contributed by atoms with Gasteiger partial charge in [0.05, 0.1) is 6.54 Å². The fourth-order valence-electron chi connectivity index (χ4n) is 1.25. The van der Waals surface area contributed by atoms with Crippen LogP contribution in [0.3, 0.4) is 0 Å². The molecule has 1 rings (SSSR count). The van der Waals surface area contributed by atoms with Crippen LogP contribution < -0.4 is 11.1 Å². The fourth-order valence-corrected chi connectivity index (χ4v) is 1.25. The Balaban J connectivity index is 2.27. The third-order valence-electron chi connectivity index (χ3n) is 2.12. The zero-order valence-electron chi connectivity index (χ0n) is 9.16. The Morgan fingerprint density at radius 3 is 2.94 bits per heavy atom. The number of hydrogen-bond acceptors (Lipinski definition) is 3. The largest absolute Gasteiger partial charge is 0.455 e. The van der Waals surface area contributed by atoms with Gasteiger partial charge < -0.3 is 15.5 Å². The third-order valence-corrected chi connectivity index (χ3v) is 2.12. The molecule has 1 amide bonds. The molecule has 0 radical (unpaired) electrons. The Kier molecular flexibility index (Phi) is 5.17. The average molecular weight is 220 g/mol. The van der Waals surface area contributed by atoms with Gasteiger partial charge in [0.25, 0.3) is 5.91 Å². The molecule has 1 aromatic heterocycles. The maximum Gasteiger partial charge on any atom is 0.286 e. The predicted molar refractivity (Wildman–Crippen MR) is 61.6 cm³/mol. The van der Waals surface area contributed by atoms with Gasteiger partial charge in [-0.1, -0.05) is 0 Å². The van der Waals surface area contributed by atoms with Gasteiger partial charge in [-0.05, 0) is 25.0 Å². The van der Waals surface area contributed by atoms with Crippen LogP contribution in [0.5, 0.6) is 0 Å². The second-order valence-electron chi connectivity index (χ2n) is 3.39. The van der Waals surface area contributed by atoms with Crippen LogP contribution in [0, 0.1) is 12.3 Å². The Morgan fingerprint density at radius 1 is 1.50 bits per heavy atom. The van der Waals surface area contributed by atoms with Crippen molar-refractivity contribution in [1.29, 1.82) is 0 Å². The Morgan fingerprint density at radius 2 is 2.31 bits per heavy atom. The van der Waals surface area contributed by atoms with Crippen LogP contribution in [0.25, 0.3) is 0 Å². The van der Waals surface area contributed by atoms with E-state index in [9.17, 15) is 4.79 Å². The van der Waals surface area contributed by atoms with Crippen LogP contribution >= 0.6 is 0 Å². The second kappa shape index (κ2) is 6.70. The standard InChI is InChI=1S/C12H16N2O2/c1-2-3-4-5-8-14-12(15)11-7-6-10(9-13)16-11/h1,6-7H,3-5,8-9,13H2,(H,14,15). The highest BCUT2D eigenvalue weighted by Gasteiger charge is 2.09. The summed E-state index contributed by atoms with van der Waals surface area (Å²) < 4.78 is 5.20. The molecule has 86 valence electrons. The summed E-state index contributed by atoms with van der Waals surface area (Å²) in [6.07, 6.45) is 7.65. The lowest BCUT2D eigenvalue weighted by atomic mass is 10.2. The first-order chi connectivity index (χ1) is 7.77. The van der Waals surface area contributed by atoms with E-state index >= 15 is 0 Å². The lowest BCUT2D eigenvalue weighted by molar-refractivity contribution is 0.0923. The summed E-state index contributed by atoms with van der Waals surface area (Å²) >= 11 is 0. The van der Waals surface area contributed by atoms with Crippen LogP contribution in [-0.4, -0.2) is 12.5 Å². The van der Waals surface area contributed by atoms with Gasteiger partial charge in [-0.15, -0.1) is 12.3 Å². The van der Waals surface area contributed by atoms with Gasteiger partial charge in [0.15, 0.2) is 5.76 Å². The Hall–Kier alpha value is -1.73. The van der Waals surface area contributed by atoms with E-state index in [1.165, 1.54) is 0 Å². The minimum Gasteiger partial charge on any atom is -0.455 e. The van der Waals surface area contributed by atoms with Gasteiger partial charge in [-0.25, -0.2) is 0 Å². The zero-order valence-corrected chi connectivity index (χ0v) is 9.16. The highest BCUT2D eigenvalue weighted by molar-refractivity contribution is 5.91. The van der Waals surface area contributed by atoms with Crippen molar-refractivity contribution in [3.63, 3.8) is 0 Å². The van der Waals surface area contributed by atoms with E-state index in [0.29, 0.717) is 24.6 Å². The van der Waals surface area contributed by atoms with E-state index in [0.717, 1.165) is 19.3 Å². The fraction of sp³-hybridized carbons (Fsp3) is 0.417. The van der Waals surface area contributed by atoms with E-state index in [1.807, 2.05) is 0 Å². The molecular weight excluding hydrogens is 204 g/mol. The number of carbonyl (C=O) groups is 1. The third kappa shape index (κ3) is 3.79. The molecule has 0 saturated heterocycles. The van der Waals surface area contributed by atoms with Crippen molar-refractivity contribution in [3.8, 4) is 12.3 Å². The quantitative estimate of drug-likeness (QED) is 0.560. The van der Waals surface area contributed by atoms with Crippen molar-refractivity contribution in [2.75, 3.05) is 6.54 Å². The molecule has 16 heavy (non-hydrogen) atoms. The Bertz CT molecular complexity index is 377. The molecule has 0 aromatic carbocycles. The summed E-state index contributed by atoms with van der Waals surface area (Å²) in [6, 6.07) is 3.33. The van der Waals surface area contributed by atoms with Gasteiger partial charge in [0.1, 0.15) is 5.76 Å². The van der Waals surface area contributed by atoms with Crippen LogP contribution in [0.4, 0.5) is 0 Å². The average Bonchev–Trinajstić information content (AvgIpc) is 2.77. The molecule has 1 aromatic rings. The maximum atomic E-state index is 11.5. The molecule has 1 heterocycles. The molecule has 3 N–H and O–H groups in total. The molecule has 0 bridgehead atoms.